The molecule has 0 aliphatic rings. The largest absolute Gasteiger partial charge is 0.391 e. The van der Waals surface area contributed by atoms with Crippen LogP contribution >= 0.6 is 11.6 Å². The number of aliphatic hydroxyl groups is 1. The van der Waals surface area contributed by atoms with Crippen LogP contribution in [0.1, 0.15) is 0 Å². The molecule has 0 amide bonds. The summed E-state index contributed by atoms with van der Waals surface area (Å²) < 4.78 is 11.6. The number of hydrogen-bond acceptors (Lipinski definition) is 3. The van der Waals surface area contributed by atoms with Crippen molar-refractivity contribution >= 4 is 22.4 Å². The second-order valence-corrected chi connectivity index (χ2v) is 4.79. The molecule has 0 spiro atoms. The summed E-state index contributed by atoms with van der Waals surface area (Å²) in [4.78, 5) is 0.655. The van der Waals surface area contributed by atoms with E-state index in [1.54, 1.807) is 24.3 Å². The van der Waals surface area contributed by atoms with E-state index in [-0.39, 0.29) is 12.3 Å². The molecule has 3 N–H and O–H groups in total. The van der Waals surface area contributed by atoms with Crippen LogP contribution in [0.3, 0.4) is 0 Å². The topological polar surface area (TPSA) is 63.3 Å². The van der Waals surface area contributed by atoms with Crippen molar-refractivity contribution in [2.24, 2.45) is 5.73 Å². The first kappa shape index (κ1) is 11.7. The predicted octanol–water partition coefficient (Wildman–Crippen LogP) is 0.767. The van der Waals surface area contributed by atoms with Crippen LogP contribution in [0.5, 0.6) is 0 Å². The van der Waals surface area contributed by atoms with Gasteiger partial charge in [0.25, 0.3) is 0 Å². The lowest BCUT2D eigenvalue weighted by Crippen LogP contribution is -2.25. The lowest BCUT2D eigenvalue weighted by atomic mass is 10.4. The number of halogens is 1. The zero-order valence-corrected chi connectivity index (χ0v) is 9.09. The van der Waals surface area contributed by atoms with Gasteiger partial charge in [-0.2, -0.15) is 0 Å². The molecule has 0 radical (unpaired) electrons. The summed E-state index contributed by atoms with van der Waals surface area (Å²) in [5.41, 5.74) is 5.22. The molecule has 2 unspecified atom stereocenters. The molecule has 0 bridgehead atoms. The van der Waals surface area contributed by atoms with Gasteiger partial charge in [-0.3, -0.25) is 4.21 Å². The number of hydrogen-bond donors (Lipinski definition) is 2. The lowest BCUT2D eigenvalue weighted by molar-refractivity contribution is 0.207. The van der Waals surface area contributed by atoms with Crippen molar-refractivity contribution in [2.45, 2.75) is 11.0 Å². The third-order valence-corrected chi connectivity index (χ3v) is 3.43. The van der Waals surface area contributed by atoms with Crippen LogP contribution in [0.15, 0.2) is 29.2 Å². The Labute approximate surface area is 90.3 Å². The summed E-state index contributed by atoms with van der Waals surface area (Å²) in [5.74, 6) is 0.165. The molecule has 0 aliphatic heterocycles. The fraction of sp³-hybridized carbons (Fsp3) is 0.333. The Morgan fingerprint density at radius 2 is 2.00 bits per heavy atom. The van der Waals surface area contributed by atoms with Crippen molar-refractivity contribution in [2.75, 3.05) is 12.3 Å². The first-order valence-corrected chi connectivity index (χ1v) is 5.85. The fourth-order valence-electron chi connectivity index (χ4n) is 0.925. The van der Waals surface area contributed by atoms with E-state index in [1.165, 1.54) is 0 Å². The van der Waals surface area contributed by atoms with Gasteiger partial charge in [0.2, 0.25) is 0 Å². The summed E-state index contributed by atoms with van der Waals surface area (Å²) in [6.45, 7) is 0.124. The SMILES string of the molecule is NCC(O)CS(=O)c1ccc(Cl)cc1. The highest BCUT2D eigenvalue weighted by Gasteiger charge is 2.09. The van der Waals surface area contributed by atoms with Crippen molar-refractivity contribution in [3.63, 3.8) is 0 Å². The van der Waals surface area contributed by atoms with Crippen LogP contribution in [-0.4, -0.2) is 27.7 Å². The molecular weight excluding hydrogens is 222 g/mol. The maximum atomic E-state index is 11.6. The van der Waals surface area contributed by atoms with Crippen molar-refractivity contribution in [3.05, 3.63) is 29.3 Å². The van der Waals surface area contributed by atoms with E-state index in [2.05, 4.69) is 0 Å². The van der Waals surface area contributed by atoms with Crippen LogP contribution < -0.4 is 5.73 Å². The number of aliphatic hydroxyl groups excluding tert-OH is 1. The molecule has 1 rings (SSSR count). The average molecular weight is 234 g/mol. The van der Waals surface area contributed by atoms with Crippen LogP contribution in [-0.2, 0) is 10.8 Å². The number of rotatable bonds is 4. The minimum atomic E-state index is -1.21. The second kappa shape index (κ2) is 5.46. The molecular formula is C9H12ClNO2S. The fourth-order valence-corrected chi connectivity index (χ4v) is 2.17. The molecule has 14 heavy (non-hydrogen) atoms. The molecule has 78 valence electrons. The Morgan fingerprint density at radius 1 is 1.43 bits per heavy atom. The minimum absolute atomic E-state index is 0.124. The predicted molar refractivity (Wildman–Crippen MR) is 57.8 cm³/mol. The molecule has 0 heterocycles. The van der Waals surface area contributed by atoms with Gasteiger partial charge in [-0.05, 0) is 24.3 Å². The van der Waals surface area contributed by atoms with Gasteiger partial charge in [-0.25, -0.2) is 0 Å². The van der Waals surface area contributed by atoms with Gasteiger partial charge in [-0.1, -0.05) is 11.6 Å². The first-order chi connectivity index (χ1) is 6.63. The lowest BCUT2D eigenvalue weighted by Gasteiger charge is -2.06. The van der Waals surface area contributed by atoms with E-state index >= 15 is 0 Å². The van der Waals surface area contributed by atoms with Crippen molar-refractivity contribution in [1.29, 1.82) is 0 Å². The maximum absolute atomic E-state index is 11.6. The monoisotopic (exact) mass is 233 g/mol. The standard InChI is InChI=1S/C9H12ClNO2S/c10-7-1-3-9(4-2-7)14(13)6-8(12)5-11/h1-4,8,12H,5-6,11H2. The van der Waals surface area contributed by atoms with Crippen molar-refractivity contribution in [1.82, 2.24) is 0 Å². The van der Waals surface area contributed by atoms with E-state index in [0.717, 1.165) is 0 Å². The molecule has 1 aromatic carbocycles. The molecule has 0 aromatic heterocycles. The van der Waals surface area contributed by atoms with Gasteiger partial charge >= 0.3 is 0 Å². The summed E-state index contributed by atoms with van der Waals surface area (Å²) >= 11 is 5.68. The smallest absolute Gasteiger partial charge is 0.0781 e. The summed E-state index contributed by atoms with van der Waals surface area (Å²) in [6, 6.07) is 6.70. The zero-order chi connectivity index (χ0) is 10.6. The molecule has 5 heteroatoms. The Balaban J connectivity index is 2.65. The van der Waals surface area contributed by atoms with Gasteiger partial charge < -0.3 is 10.8 Å². The highest BCUT2D eigenvalue weighted by Crippen LogP contribution is 2.13. The van der Waals surface area contributed by atoms with Gasteiger partial charge in [-0.15, -0.1) is 0 Å². The van der Waals surface area contributed by atoms with Gasteiger partial charge in [0, 0.05) is 16.5 Å². The molecule has 0 aliphatic carbocycles. The Bertz CT molecular complexity index is 315. The van der Waals surface area contributed by atoms with E-state index in [4.69, 9.17) is 17.3 Å². The second-order valence-electron chi connectivity index (χ2n) is 2.86. The van der Waals surface area contributed by atoms with Crippen LogP contribution in [0.4, 0.5) is 0 Å². The van der Waals surface area contributed by atoms with Crippen molar-refractivity contribution in [3.8, 4) is 0 Å². The third-order valence-electron chi connectivity index (χ3n) is 1.69. The summed E-state index contributed by atoms with van der Waals surface area (Å²) in [6.07, 6.45) is -0.716. The number of benzene rings is 1. The highest BCUT2D eigenvalue weighted by atomic mass is 35.5. The summed E-state index contributed by atoms with van der Waals surface area (Å²) in [5, 5.41) is 9.80. The normalized spacial score (nSPS) is 15.1. The van der Waals surface area contributed by atoms with Crippen LogP contribution in [0, 0.1) is 0 Å². The Hall–Kier alpha value is -0.420. The van der Waals surface area contributed by atoms with Gasteiger partial charge in [0.15, 0.2) is 0 Å². The highest BCUT2D eigenvalue weighted by molar-refractivity contribution is 7.85. The molecule has 3 nitrogen and oxygen atoms in total. The van der Waals surface area contributed by atoms with E-state index in [9.17, 15) is 9.32 Å². The average Bonchev–Trinajstić information content (AvgIpc) is 2.18. The zero-order valence-electron chi connectivity index (χ0n) is 7.52. The van der Waals surface area contributed by atoms with E-state index < -0.39 is 16.9 Å². The van der Waals surface area contributed by atoms with Gasteiger partial charge in [0.05, 0.1) is 22.7 Å². The molecule has 2 atom stereocenters. The Morgan fingerprint density at radius 3 is 2.50 bits per heavy atom. The van der Waals surface area contributed by atoms with E-state index in [1.807, 2.05) is 0 Å². The molecule has 0 fully saturated rings. The molecule has 0 saturated carbocycles. The quantitative estimate of drug-likeness (QED) is 0.808. The van der Waals surface area contributed by atoms with Crippen molar-refractivity contribution < 1.29 is 9.32 Å². The first-order valence-electron chi connectivity index (χ1n) is 4.15. The van der Waals surface area contributed by atoms with Gasteiger partial charge in [0.1, 0.15) is 0 Å². The van der Waals surface area contributed by atoms with E-state index in [0.29, 0.717) is 9.92 Å². The molecule has 0 saturated heterocycles. The minimum Gasteiger partial charge on any atom is -0.391 e. The van der Waals surface area contributed by atoms with Crippen LogP contribution in [0.25, 0.3) is 0 Å². The molecule has 1 aromatic rings. The Kier molecular flexibility index (Phi) is 4.54. The summed E-state index contributed by atoms with van der Waals surface area (Å²) in [7, 11) is -1.21. The number of nitrogens with two attached hydrogens (primary N) is 1. The third kappa shape index (κ3) is 3.38. The maximum Gasteiger partial charge on any atom is 0.0781 e. The van der Waals surface area contributed by atoms with Crippen LogP contribution in [0.2, 0.25) is 5.02 Å².